The lowest BCUT2D eigenvalue weighted by Gasteiger charge is -2.25. The first-order valence-corrected chi connectivity index (χ1v) is 11.2. The number of hydrogen-bond acceptors (Lipinski definition) is 7. The summed E-state index contributed by atoms with van der Waals surface area (Å²) in [6.07, 6.45) is 6.12. The van der Waals surface area contributed by atoms with Gasteiger partial charge in [0.05, 0.1) is 24.4 Å². The van der Waals surface area contributed by atoms with Gasteiger partial charge in [0.1, 0.15) is 12.2 Å². The third kappa shape index (κ3) is 8.92. The Morgan fingerprint density at radius 3 is 2.13 bits per heavy atom. The van der Waals surface area contributed by atoms with Crippen LogP contribution in [-0.4, -0.2) is 81.6 Å². The molecule has 0 aromatic rings. The van der Waals surface area contributed by atoms with Crippen LogP contribution in [0.15, 0.2) is 23.8 Å². The summed E-state index contributed by atoms with van der Waals surface area (Å²) >= 11 is 0. The summed E-state index contributed by atoms with van der Waals surface area (Å²) in [6, 6.07) is 0. The third-order valence-corrected chi connectivity index (χ3v) is 6.28. The number of hydrogen-bond donors (Lipinski definition) is 2. The standard InChI is InChI=1S/C24H44O7/c1-9-19(28-6)17(4)22-23(31-22)21(25)16(3)12-10-11-15(2)13-18(27-5)14-20(29-7)24(26)30-8/h10-12,16-26H,9,13-14H2,1-8H3/b12-10+,15-11+. The Morgan fingerprint density at radius 2 is 1.61 bits per heavy atom. The highest BCUT2D eigenvalue weighted by Gasteiger charge is 2.50. The molecule has 9 unspecified atom stereocenters. The van der Waals surface area contributed by atoms with Crippen LogP contribution < -0.4 is 0 Å². The van der Waals surface area contributed by atoms with Crippen molar-refractivity contribution < 1.29 is 33.9 Å². The van der Waals surface area contributed by atoms with Gasteiger partial charge in [0.2, 0.25) is 0 Å². The summed E-state index contributed by atoms with van der Waals surface area (Å²) in [5.74, 6) is 0.230. The number of aliphatic hydroxyl groups is 2. The van der Waals surface area contributed by atoms with Crippen molar-refractivity contribution in [2.75, 3.05) is 28.4 Å². The molecule has 2 N–H and O–H groups in total. The Morgan fingerprint density at radius 1 is 0.968 bits per heavy atom. The molecule has 1 rings (SSSR count). The van der Waals surface area contributed by atoms with E-state index in [9.17, 15) is 10.2 Å². The van der Waals surface area contributed by atoms with Crippen molar-refractivity contribution in [1.82, 2.24) is 0 Å². The Balaban J connectivity index is 2.55. The Bertz CT molecular complexity index is 546. The fraction of sp³-hybridized carbons (Fsp3) is 0.833. The minimum atomic E-state index is -0.984. The highest BCUT2D eigenvalue weighted by molar-refractivity contribution is 5.13. The van der Waals surface area contributed by atoms with Crippen molar-refractivity contribution in [3.05, 3.63) is 23.8 Å². The number of aliphatic hydroxyl groups excluding tert-OH is 2. The maximum Gasteiger partial charge on any atom is 0.180 e. The normalized spacial score (nSPS) is 26.3. The van der Waals surface area contributed by atoms with Crippen LogP contribution in [0.25, 0.3) is 0 Å². The van der Waals surface area contributed by atoms with Gasteiger partial charge in [-0.3, -0.25) is 0 Å². The van der Waals surface area contributed by atoms with E-state index >= 15 is 0 Å². The molecule has 0 bridgehead atoms. The Labute approximate surface area is 188 Å². The monoisotopic (exact) mass is 444 g/mol. The second kappa shape index (κ2) is 14.4. The molecule has 9 atom stereocenters. The van der Waals surface area contributed by atoms with Crippen LogP contribution in [0.3, 0.4) is 0 Å². The molecule has 1 saturated heterocycles. The van der Waals surface area contributed by atoms with E-state index in [1.165, 1.54) is 7.11 Å². The molecule has 0 radical (unpaired) electrons. The van der Waals surface area contributed by atoms with Gasteiger partial charge < -0.3 is 33.9 Å². The lowest BCUT2D eigenvalue weighted by molar-refractivity contribution is -0.164. The van der Waals surface area contributed by atoms with Gasteiger partial charge in [-0.1, -0.05) is 44.6 Å². The molecule has 7 nitrogen and oxygen atoms in total. The molecule has 0 aromatic heterocycles. The molecule has 1 aliphatic heterocycles. The molecule has 0 aliphatic carbocycles. The molecular weight excluding hydrogens is 400 g/mol. The highest BCUT2D eigenvalue weighted by Crippen LogP contribution is 2.37. The molecule has 0 spiro atoms. The van der Waals surface area contributed by atoms with E-state index in [0.29, 0.717) is 12.8 Å². The van der Waals surface area contributed by atoms with Crippen molar-refractivity contribution in [1.29, 1.82) is 0 Å². The zero-order valence-corrected chi connectivity index (χ0v) is 20.5. The van der Waals surface area contributed by atoms with Gasteiger partial charge >= 0.3 is 0 Å². The SMILES string of the molecule is CCC(OC)C(C)C1OC1C(O)C(C)/C=C/C=C(\C)CC(CC(OC)C(O)OC)OC. The first-order valence-electron chi connectivity index (χ1n) is 11.2. The van der Waals surface area contributed by atoms with Crippen molar-refractivity contribution in [3.8, 4) is 0 Å². The van der Waals surface area contributed by atoms with Crippen LogP contribution >= 0.6 is 0 Å². The van der Waals surface area contributed by atoms with Gasteiger partial charge in [0.25, 0.3) is 0 Å². The molecule has 7 heteroatoms. The highest BCUT2D eigenvalue weighted by atomic mass is 16.6. The van der Waals surface area contributed by atoms with Crippen molar-refractivity contribution >= 4 is 0 Å². The van der Waals surface area contributed by atoms with E-state index in [4.69, 9.17) is 23.7 Å². The van der Waals surface area contributed by atoms with Gasteiger partial charge in [-0.15, -0.1) is 0 Å². The van der Waals surface area contributed by atoms with Crippen LogP contribution in [0.4, 0.5) is 0 Å². The lowest BCUT2D eigenvalue weighted by atomic mass is 9.91. The first-order chi connectivity index (χ1) is 14.7. The average molecular weight is 445 g/mol. The molecule has 0 aromatic carbocycles. The molecule has 31 heavy (non-hydrogen) atoms. The summed E-state index contributed by atoms with van der Waals surface area (Å²) < 4.78 is 27.1. The van der Waals surface area contributed by atoms with E-state index in [1.54, 1.807) is 21.3 Å². The first kappa shape index (κ1) is 28.2. The molecule has 182 valence electrons. The largest absolute Gasteiger partial charge is 0.390 e. The Hall–Kier alpha value is -0.800. The quantitative estimate of drug-likeness (QED) is 0.215. The number of ether oxygens (including phenoxy) is 5. The predicted molar refractivity (Wildman–Crippen MR) is 121 cm³/mol. The van der Waals surface area contributed by atoms with Gasteiger partial charge in [0.15, 0.2) is 6.29 Å². The lowest BCUT2D eigenvalue weighted by Crippen LogP contribution is -2.33. The number of epoxide rings is 1. The van der Waals surface area contributed by atoms with Crippen LogP contribution in [0, 0.1) is 11.8 Å². The van der Waals surface area contributed by atoms with E-state index in [1.807, 2.05) is 32.1 Å². The van der Waals surface area contributed by atoms with Crippen LogP contribution in [0.2, 0.25) is 0 Å². The second-order valence-corrected chi connectivity index (χ2v) is 8.55. The van der Waals surface area contributed by atoms with Gasteiger partial charge in [-0.2, -0.15) is 0 Å². The second-order valence-electron chi connectivity index (χ2n) is 8.55. The summed E-state index contributed by atoms with van der Waals surface area (Å²) in [6.45, 7) is 8.24. The minimum absolute atomic E-state index is 0.0261. The molecule has 1 fully saturated rings. The van der Waals surface area contributed by atoms with Crippen molar-refractivity contribution in [2.45, 2.75) is 89.9 Å². The summed E-state index contributed by atoms with van der Waals surface area (Å²) in [5.41, 5.74) is 1.13. The molecular formula is C24H44O7. The maximum absolute atomic E-state index is 10.6. The fourth-order valence-electron chi connectivity index (χ4n) is 4.04. The zero-order chi connectivity index (χ0) is 23.6. The maximum atomic E-state index is 10.6. The molecule has 0 saturated carbocycles. The van der Waals surface area contributed by atoms with E-state index in [-0.39, 0.29) is 36.3 Å². The topological polar surface area (TPSA) is 89.9 Å². The summed E-state index contributed by atoms with van der Waals surface area (Å²) in [4.78, 5) is 0. The van der Waals surface area contributed by atoms with E-state index in [2.05, 4.69) is 13.8 Å². The Kier molecular flexibility index (Phi) is 13.1. The van der Waals surface area contributed by atoms with Gasteiger partial charge in [-0.05, 0) is 19.8 Å². The molecule has 1 aliphatic rings. The summed E-state index contributed by atoms with van der Waals surface area (Å²) in [7, 11) is 6.36. The van der Waals surface area contributed by atoms with Crippen LogP contribution in [-0.2, 0) is 23.7 Å². The third-order valence-electron chi connectivity index (χ3n) is 6.28. The fourth-order valence-corrected chi connectivity index (χ4v) is 4.04. The smallest absolute Gasteiger partial charge is 0.180 e. The molecule has 0 amide bonds. The van der Waals surface area contributed by atoms with Crippen LogP contribution in [0.5, 0.6) is 0 Å². The number of allylic oxidation sites excluding steroid dienone is 2. The molecule has 1 heterocycles. The van der Waals surface area contributed by atoms with Crippen LogP contribution in [0.1, 0.15) is 47.0 Å². The van der Waals surface area contributed by atoms with Crippen molar-refractivity contribution in [3.63, 3.8) is 0 Å². The zero-order valence-electron chi connectivity index (χ0n) is 20.5. The van der Waals surface area contributed by atoms with Gasteiger partial charge in [-0.25, -0.2) is 0 Å². The van der Waals surface area contributed by atoms with E-state index in [0.717, 1.165) is 12.0 Å². The minimum Gasteiger partial charge on any atom is -0.390 e. The van der Waals surface area contributed by atoms with Gasteiger partial charge in [0, 0.05) is 46.7 Å². The van der Waals surface area contributed by atoms with Crippen molar-refractivity contribution in [2.24, 2.45) is 11.8 Å². The average Bonchev–Trinajstić information content (AvgIpc) is 3.56. The predicted octanol–water partition coefficient (Wildman–Crippen LogP) is 3.09. The summed E-state index contributed by atoms with van der Waals surface area (Å²) in [5, 5.41) is 20.5. The number of rotatable bonds is 16. The number of methoxy groups -OCH3 is 4. The van der Waals surface area contributed by atoms with E-state index < -0.39 is 18.5 Å².